The Balaban J connectivity index is 1.70. The number of imidazole rings is 1. The molecule has 1 fully saturated rings. The van der Waals surface area contributed by atoms with Crippen LogP contribution in [0.5, 0.6) is 0 Å². The van der Waals surface area contributed by atoms with Crippen LogP contribution >= 0.6 is 0 Å². The lowest BCUT2D eigenvalue weighted by atomic mass is 10.0. The Kier molecular flexibility index (Phi) is 5.72. The predicted molar refractivity (Wildman–Crippen MR) is 106 cm³/mol. The lowest BCUT2D eigenvalue weighted by Crippen LogP contribution is -2.48. The van der Waals surface area contributed by atoms with E-state index in [1.807, 2.05) is 30.1 Å². The number of β-amino-alcohol motifs (C(OH)–C–C–N with tert-alkyl or cyclic N) is 1. The third-order valence-electron chi connectivity index (χ3n) is 5.68. The molecular formula is C20H30N4O3. The van der Waals surface area contributed by atoms with E-state index in [0.717, 1.165) is 36.1 Å². The van der Waals surface area contributed by atoms with E-state index in [1.54, 1.807) is 11.6 Å². The zero-order valence-corrected chi connectivity index (χ0v) is 16.6. The molecule has 0 bridgehead atoms. The number of aliphatic hydroxyl groups is 1. The zero-order chi connectivity index (χ0) is 19.7. The number of H-pyrrole nitrogens is 1. The molecule has 1 aromatic carbocycles. The largest absolute Gasteiger partial charge is 0.392 e. The van der Waals surface area contributed by atoms with E-state index >= 15 is 0 Å². The molecule has 1 aliphatic heterocycles. The minimum Gasteiger partial charge on any atom is -0.392 e. The number of carbonyl (C=O) groups is 1. The van der Waals surface area contributed by atoms with Gasteiger partial charge in [-0.15, -0.1) is 0 Å². The fourth-order valence-corrected chi connectivity index (χ4v) is 3.90. The van der Waals surface area contributed by atoms with Crippen molar-refractivity contribution >= 4 is 16.9 Å². The monoisotopic (exact) mass is 374 g/mol. The van der Waals surface area contributed by atoms with Gasteiger partial charge in [0.05, 0.1) is 23.6 Å². The average molecular weight is 374 g/mol. The summed E-state index contributed by atoms with van der Waals surface area (Å²) in [5.74, 6) is 0.385. The summed E-state index contributed by atoms with van der Waals surface area (Å²) in [7, 11) is 3.59. The highest BCUT2D eigenvalue weighted by Gasteiger charge is 2.28. The Bertz CT molecular complexity index is 870. The van der Waals surface area contributed by atoms with Crippen molar-refractivity contribution < 1.29 is 9.90 Å². The first-order chi connectivity index (χ1) is 12.8. The van der Waals surface area contributed by atoms with Gasteiger partial charge >= 0.3 is 5.69 Å². The van der Waals surface area contributed by atoms with Gasteiger partial charge in [-0.05, 0) is 30.0 Å². The summed E-state index contributed by atoms with van der Waals surface area (Å²) < 4.78 is 1.56. The number of rotatable bonds is 6. The summed E-state index contributed by atoms with van der Waals surface area (Å²) in [5.41, 5.74) is 2.32. The van der Waals surface area contributed by atoms with Crippen LogP contribution in [0, 0.1) is 5.92 Å². The molecule has 2 atom stereocenters. The van der Waals surface area contributed by atoms with E-state index in [0.29, 0.717) is 18.9 Å². The van der Waals surface area contributed by atoms with Gasteiger partial charge in [-0.1, -0.05) is 19.9 Å². The number of aryl methyl sites for hydroxylation is 1. The molecule has 148 valence electrons. The molecule has 2 heterocycles. The number of aliphatic hydroxyl groups excluding tert-OH is 1. The van der Waals surface area contributed by atoms with Gasteiger partial charge < -0.3 is 15.0 Å². The van der Waals surface area contributed by atoms with Crippen LogP contribution in [0.3, 0.4) is 0 Å². The fraction of sp³-hybridized carbons (Fsp3) is 0.600. The van der Waals surface area contributed by atoms with Crippen LogP contribution in [-0.4, -0.2) is 69.2 Å². The minimum absolute atomic E-state index is 0.0612. The second-order valence-electron chi connectivity index (χ2n) is 8.04. The van der Waals surface area contributed by atoms with Crippen LogP contribution in [-0.2, 0) is 18.3 Å². The summed E-state index contributed by atoms with van der Waals surface area (Å²) in [4.78, 5) is 31.5. The molecule has 0 aliphatic carbocycles. The number of likely N-dealkylation sites (tertiary alicyclic amines) is 1. The molecule has 2 aromatic rings. The van der Waals surface area contributed by atoms with Crippen molar-refractivity contribution in [1.82, 2.24) is 19.4 Å². The van der Waals surface area contributed by atoms with Gasteiger partial charge in [0, 0.05) is 39.8 Å². The summed E-state index contributed by atoms with van der Waals surface area (Å²) in [6.45, 7) is 6.60. The number of carbonyl (C=O) groups excluding carboxylic acids is 1. The molecule has 1 aliphatic rings. The number of fused-ring (bicyclic) bond motifs is 1. The average Bonchev–Trinajstić information content (AvgIpc) is 3.15. The van der Waals surface area contributed by atoms with E-state index in [4.69, 9.17) is 0 Å². The van der Waals surface area contributed by atoms with Crippen molar-refractivity contribution in [2.45, 2.75) is 38.8 Å². The third kappa shape index (κ3) is 4.25. The molecule has 2 N–H and O–H groups in total. The van der Waals surface area contributed by atoms with Gasteiger partial charge in [0.15, 0.2) is 0 Å². The van der Waals surface area contributed by atoms with Crippen LogP contribution in [0.15, 0.2) is 23.0 Å². The second-order valence-corrected chi connectivity index (χ2v) is 8.04. The third-order valence-corrected chi connectivity index (χ3v) is 5.68. The summed E-state index contributed by atoms with van der Waals surface area (Å²) >= 11 is 0. The molecule has 1 amide bonds. The molecule has 7 heteroatoms. The Labute approximate surface area is 159 Å². The number of hydrogen-bond acceptors (Lipinski definition) is 4. The molecule has 1 saturated heterocycles. The number of aromatic nitrogens is 2. The normalized spacial score (nSPS) is 19.1. The topological polar surface area (TPSA) is 81.6 Å². The number of aromatic amines is 1. The highest BCUT2D eigenvalue weighted by Crippen LogP contribution is 2.18. The smallest absolute Gasteiger partial charge is 0.326 e. The standard InChI is InChI=1S/C20H30N4O3/c1-13(2)18(12-24-8-7-15(25)11-24)22(3)19(26)10-14-5-6-17-16(9-14)21-20(27)23(17)4/h5-6,9,13,15,18,25H,7-8,10-12H2,1-4H3,(H,21,27)/t15-,18+/m0/s1. The number of likely N-dealkylation sites (N-methyl/N-ethyl adjacent to an activating group) is 1. The van der Waals surface area contributed by atoms with E-state index in [-0.39, 0.29) is 23.7 Å². The number of amides is 1. The highest BCUT2D eigenvalue weighted by molar-refractivity contribution is 5.82. The number of benzene rings is 1. The van der Waals surface area contributed by atoms with Gasteiger partial charge in [0.25, 0.3) is 0 Å². The quantitative estimate of drug-likeness (QED) is 0.789. The molecule has 0 unspecified atom stereocenters. The molecule has 1 aromatic heterocycles. The van der Waals surface area contributed by atoms with E-state index in [2.05, 4.69) is 23.7 Å². The van der Waals surface area contributed by atoms with Crippen LogP contribution in [0.25, 0.3) is 11.0 Å². The number of nitrogens with one attached hydrogen (secondary N) is 1. The van der Waals surface area contributed by atoms with Crippen molar-refractivity contribution in [3.05, 3.63) is 34.2 Å². The van der Waals surface area contributed by atoms with Crippen LogP contribution in [0.4, 0.5) is 0 Å². The zero-order valence-electron chi connectivity index (χ0n) is 16.6. The number of nitrogens with zero attached hydrogens (tertiary/aromatic N) is 3. The lowest BCUT2D eigenvalue weighted by molar-refractivity contribution is -0.132. The molecule has 3 rings (SSSR count). The van der Waals surface area contributed by atoms with Crippen LogP contribution in [0.2, 0.25) is 0 Å². The molecule has 0 radical (unpaired) electrons. The van der Waals surface area contributed by atoms with E-state index in [1.165, 1.54) is 0 Å². The molecule has 0 saturated carbocycles. The first-order valence-corrected chi connectivity index (χ1v) is 9.60. The van der Waals surface area contributed by atoms with Crippen molar-refractivity contribution in [1.29, 1.82) is 0 Å². The maximum Gasteiger partial charge on any atom is 0.326 e. The van der Waals surface area contributed by atoms with Gasteiger partial charge in [-0.2, -0.15) is 0 Å². The first kappa shape index (κ1) is 19.6. The Morgan fingerprint density at radius 2 is 2.15 bits per heavy atom. The minimum atomic E-state index is -0.251. The lowest BCUT2D eigenvalue weighted by Gasteiger charge is -2.34. The maximum absolute atomic E-state index is 12.9. The predicted octanol–water partition coefficient (Wildman–Crippen LogP) is 0.959. The van der Waals surface area contributed by atoms with Crippen LogP contribution < -0.4 is 5.69 Å². The summed E-state index contributed by atoms with van der Waals surface area (Å²) in [6.07, 6.45) is 0.853. The highest BCUT2D eigenvalue weighted by atomic mass is 16.3. The van der Waals surface area contributed by atoms with Crippen LogP contribution in [0.1, 0.15) is 25.8 Å². The fourth-order valence-electron chi connectivity index (χ4n) is 3.90. The van der Waals surface area contributed by atoms with E-state index in [9.17, 15) is 14.7 Å². The first-order valence-electron chi connectivity index (χ1n) is 9.60. The molecular weight excluding hydrogens is 344 g/mol. The van der Waals surface area contributed by atoms with Gasteiger partial charge in [0.1, 0.15) is 0 Å². The summed E-state index contributed by atoms with van der Waals surface area (Å²) in [6, 6.07) is 5.76. The molecule has 0 spiro atoms. The van der Waals surface area contributed by atoms with Crippen molar-refractivity contribution in [2.75, 3.05) is 26.7 Å². The maximum atomic E-state index is 12.9. The molecule has 7 nitrogen and oxygen atoms in total. The second kappa shape index (κ2) is 7.86. The number of hydrogen-bond donors (Lipinski definition) is 2. The van der Waals surface area contributed by atoms with Crippen molar-refractivity contribution in [3.63, 3.8) is 0 Å². The van der Waals surface area contributed by atoms with Gasteiger partial charge in [0.2, 0.25) is 5.91 Å². The van der Waals surface area contributed by atoms with Crippen molar-refractivity contribution in [3.8, 4) is 0 Å². The SMILES string of the molecule is CC(C)[C@@H](CN1CC[C@H](O)C1)N(C)C(=O)Cc1ccc2c(c1)[nH]c(=O)n2C. The van der Waals surface area contributed by atoms with Gasteiger partial charge in [-0.25, -0.2) is 4.79 Å². The summed E-state index contributed by atoms with van der Waals surface area (Å²) in [5, 5.41) is 9.75. The Morgan fingerprint density at radius 1 is 1.41 bits per heavy atom. The van der Waals surface area contributed by atoms with Crippen molar-refractivity contribution in [2.24, 2.45) is 13.0 Å². The Morgan fingerprint density at radius 3 is 2.78 bits per heavy atom. The Hall–Kier alpha value is -2.12. The molecule has 27 heavy (non-hydrogen) atoms. The van der Waals surface area contributed by atoms with E-state index < -0.39 is 0 Å². The van der Waals surface area contributed by atoms with Gasteiger partial charge in [-0.3, -0.25) is 14.3 Å².